The summed E-state index contributed by atoms with van der Waals surface area (Å²) in [4.78, 5) is -1.06. The summed E-state index contributed by atoms with van der Waals surface area (Å²) >= 11 is 0. The standard InChI is InChI=1S/C14H14O5S2/c1-10-3-6-12(7-4-10)20(15,16)14-9-11(2)5-8-13(14)21(17,18)19/h3-9H,1-2H3,(H,17,18,19). The van der Waals surface area contributed by atoms with E-state index in [9.17, 15) is 21.4 Å². The highest BCUT2D eigenvalue weighted by Gasteiger charge is 2.26. The van der Waals surface area contributed by atoms with Crippen LogP contribution in [0, 0.1) is 13.8 Å². The molecule has 0 aromatic heterocycles. The molecule has 0 saturated heterocycles. The van der Waals surface area contributed by atoms with Gasteiger partial charge in [0.15, 0.2) is 0 Å². The molecule has 0 aliphatic carbocycles. The summed E-state index contributed by atoms with van der Waals surface area (Å²) in [5.74, 6) is 0. The van der Waals surface area contributed by atoms with Gasteiger partial charge in [-0.15, -0.1) is 0 Å². The number of hydrogen-bond acceptors (Lipinski definition) is 4. The minimum atomic E-state index is -4.63. The lowest BCUT2D eigenvalue weighted by atomic mass is 10.2. The zero-order chi connectivity index (χ0) is 15.8. The van der Waals surface area contributed by atoms with Crippen LogP contribution in [0.5, 0.6) is 0 Å². The molecule has 2 rings (SSSR count). The van der Waals surface area contributed by atoms with Gasteiger partial charge in [0.05, 0.1) is 9.79 Å². The Balaban J connectivity index is 2.76. The van der Waals surface area contributed by atoms with E-state index in [0.717, 1.165) is 11.6 Å². The van der Waals surface area contributed by atoms with Crippen molar-refractivity contribution < 1.29 is 21.4 Å². The molecule has 0 atom stereocenters. The number of sulfone groups is 1. The molecule has 0 amide bonds. The maximum atomic E-state index is 12.6. The second-order valence-electron chi connectivity index (χ2n) is 4.74. The van der Waals surface area contributed by atoms with Crippen LogP contribution in [0.3, 0.4) is 0 Å². The average Bonchev–Trinajstić information content (AvgIpc) is 2.37. The summed E-state index contributed by atoms with van der Waals surface area (Å²) < 4.78 is 57.2. The van der Waals surface area contributed by atoms with Gasteiger partial charge in [0.1, 0.15) is 4.90 Å². The van der Waals surface area contributed by atoms with Gasteiger partial charge in [-0.2, -0.15) is 8.42 Å². The summed E-state index contributed by atoms with van der Waals surface area (Å²) in [5.41, 5.74) is 1.46. The van der Waals surface area contributed by atoms with Gasteiger partial charge in [0.25, 0.3) is 10.1 Å². The van der Waals surface area contributed by atoms with Crippen molar-refractivity contribution in [1.29, 1.82) is 0 Å². The van der Waals surface area contributed by atoms with Crippen LogP contribution >= 0.6 is 0 Å². The minimum Gasteiger partial charge on any atom is -0.282 e. The average molecular weight is 326 g/mol. The summed E-state index contributed by atoms with van der Waals surface area (Å²) in [5, 5.41) is 0. The quantitative estimate of drug-likeness (QED) is 0.875. The lowest BCUT2D eigenvalue weighted by Gasteiger charge is -2.10. The molecule has 0 bridgehead atoms. The molecule has 2 aromatic rings. The minimum absolute atomic E-state index is 0.0244. The summed E-state index contributed by atoms with van der Waals surface area (Å²) in [7, 11) is -8.66. The molecule has 0 heterocycles. The largest absolute Gasteiger partial charge is 0.295 e. The van der Waals surface area contributed by atoms with Gasteiger partial charge >= 0.3 is 0 Å². The first-order valence-electron chi connectivity index (χ1n) is 6.02. The van der Waals surface area contributed by atoms with E-state index in [1.54, 1.807) is 19.1 Å². The van der Waals surface area contributed by atoms with Crippen molar-refractivity contribution in [2.24, 2.45) is 0 Å². The van der Waals surface area contributed by atoms with Crippen LogP contribution in [0.15, 0.2) is 57.2 Å². The SMILES string of the molecule is Cc1ccc(S(=O)(=O)c2cc(C)ccc2S(=O)(=O)O)cc1. The zero-order valence-corrected chi connectivity index (χ0v) is 13.1. The Morgan fingerprint density at radius 1 is 0.762 bits per heavy atom. The van der Waals surface area contributed by atoms with Crippen molar-refractivity contribution in [1.82, 2.24) is 0 Å². The van der Waals surface area contributed by atoms with E-state index in [-0.39, 0.29) is 4.90 Å². The summed E-state index contributed by atoms with van der Waals surface area (Å²) in [6.07, 6.45) is 0. The molecule has 0 saturated carbocycles. The van der Waals surface area contributed by atoms with Gasteiger partial charge in [0.2, 0.25) is 9.84 Å². The molecule has 2 aromatic carbocycles. The van der Waals surface area contributed by atoms with E-state index in [1.165, 1.54) is 24.3 Å². The fourth-order valence-corrected chi connectivity index (χ4v) is 4.50. The third kappa shape index (κ3) is 3.15. The molecule has 7 heteroatoms. The zero-order valence-electron chi connectivity index (χ0n) is 11.4. The molecule has 1 N–H and O–H groups in total. The molecular formula is C14H14O5S2. The third-order valence-electron chi connectivity index (χ3n) is 3.00. The van der Waals surface area contributed by atoms with Gasteiger partial charge < -0.3 is 0 Å². The van der Waals surface area contributed by atoms with Gasteiger partial charge in [-0.3, -0.25) is 4.55 Å². The van der Waals surface area contributed by atoms with Crippen LogP contribution in [-0.2, 0) is 20.0 Å². The van der Waals surface area contributed by atoms with E-state index in [0.29, 0.717) is 5.56 Å². The first kappa shape index (κ1) is 15.7. The molecule has 0 aliphatic rings. The number of rotatable bonds is 3. The molecule has 0 unspecified atom stereocenters. The number of aryl methyl sites for hydroxylation is 2. The third-order valence-corrected chi connectivity index (χ3v) is 5.85. The number of hydrogen-bond donors (Lipinski definition) is 1. The van der Waals surface area contributed by atoms with Crippen molar-refractivity contribution in [3.8, 4) is 0 Å². The second kappa shape index (κ2) is 5.25. The molecule has 5 nitrogen and oxygen atoms in total. The lowest BCUT2D eigenvalue weighted by Crippen LogP contribution is -2.10. The molecule has 0 fully saturated rings. The Morgan fingerprint density at radius 2 is 1.29 bits per heavy atom. The summed E-state index contributed by atoms with van der Waals surface area (Å²) in [6.45, 7) is 3.45. The Labute approximate surface area is 123 Å². The molecule has 21 heavy (non-hydrogen) atoms. The smallest absolute Gasteiger partial charge is 0.282 e. The summed E-state index contributed by atoms with van der Waals surface area (Å²) in [6, 6.07) is 9.80. The van der Waals surface area contributed by atoms with Crippen molar-refractivity contribution in [2.45, 2.75) is 28.5 Å². The first-order chi connectivity index (χ1) is 9.62. The van der Waals surface area contributed by atoms with Gasteiger partial charge in [-0.1, -0.05) is 23.8 Å². The van der Waals surface area contributed by atoms with Gasteiger partial charge in [-0.05, 0) is 43.7 Å². The van der Waals surface area contributed by atoms with Crippen LogP contribution in [0.25, 0.3) is 0 Å². The molecule has 0 spiro atoms. The van der Waals surface area contributed by atoms with Crippen molar-refractivity contribution >= 4 is 20.0 Å². The van der Waals surface area contributed by atoms with Crippen LogP contribution in [-0.4, -0.2) is 21.4 Å². The Hall–Kier alpha value is -1.70. The van der Waals surface area contributed by atoms with Gasteiger partial charge in [0, 0.05) is 0 Å². The fraction of sp³-hybridized carbons (Fsp3) is 0.143. The van der Waals surface area contributed by atoms with Crippen molar-refractivity contribution in [3.05, 3.63) is 53.6 Å². The normalized spacial score (nSPS) is 12.3. The molecule has 112 valence electrons. The Kier molecular flexibility index (Phi) is 3.92. The number of benzene rings is 2. The Morgan fingerprint density at radius 3 is 1.81 bits per heavy atom. The van der Waals surface area contributed by atoms with E-state index in [2.05, 4.69) is 0 Å². The van der Waals surface area contributed by atoms with E-state index in [4.69, 9.17) is 0 Å². The Bertz CT molecular complexity index is 879. The second-order valence-corrected chi connectivity index (χ2v) is 8.05. The lowest BCUT2D eigenvalue weighted by molar-refractivity contribution is 0.479. The van der Waals surface area contributed by atoms with E-state index < -0.39 is 29.7 Å². The van der Waals surface area contributed by atoms with Crippen molar-refractivity contribution in [3.63, 3.8) is 0 Å². The molecule has 0 aliphatic heterocycles. The molecular weight excluding hydrogens is 312 g/mol. The first-order valence-corrected chi connectivity index (χ1v) is 8.94. The van der Waals surface area contributed by atoms with Gasteiger partial charge in [-0.25, -0.2) is 8.42 Å². The topological polar surface area (TPSA) is 88.5 Å². The van der Waals surface area contributed by atoms with E-state index >= 15 is 0 Å². The highest BCUT2D eigenvalue weighted by molar-refractivity contribution is 7.92. The van der Waals surface area contributed by atoms with Crippen LogP contribution < -0.4 is 0 Å². The maximum absolute atomic E-state index is 12.6. The van der Waals surface area contributed by atoms with Crippen molar-refractivity contribution in [2.75, 3.05) is 0 Å². The van der Waals surface area contributed by atoms with E-state index in [1.807, 2.05) is 6.92 Å². The maximum Gasteiger partial charge on any atom is 0.295 e. The van der Waals surface area contributed by atoms with Crippen LogP contribution in [0.4, 0.5) is 0 Å². The van der Waals surface area contributed by atoms with Crippen LogP contribution in [0.2, 0.25) is 0 Å². The fourth-order valence-electron chi connectivity index (χ4n) is 1.88. The predicted molar refractivity (Wildman–Crippen MR) is 77.6 cm³/mol. The monoisotopic (exact) mass is 326 g/mol. The highest BCUT2D eigenvalue weighted by atomic mass is 32.2. The van der Waals surface area contributed by atoms with Crippen LogP contribution in [0.1, 0.15) is 11.1 Å². The highest BCUT2D eigenvalue weighted by Crippen LogP contribution is 2.28. The predicted octanol–water partition coefficient (Wildman–Crippen LogP) is 2.38. The molecule has 0 radical (unpaired) electrons.